The fourth-order valence-electron chi connectivity index (χ4n) is 14.8. The second-order valence-corrected chi connectivity index (χ2v) is 25.1. The van der Waals surface area contributed by atoms with E-state index in [0.29, 0.717) is 81.8 Å². The molecule has 1 aromatic carbocycles. The third kappa shape index (κ3) is 13.7. The lowest BCUT2D eigenvalue weighted by Gasteiger charge is -2.25. The van der Waals surface area contributed by atoms with Crippen molar-refractivity contribution in [3.05, 3.63) is 185 Å². The first-order valence-corrected chi connectivity index (χ1v) is 31.7. The number of rotatable bonds is 13. The maximum Gasteiger partial charge on any atom is 0.434 e. The summed E-state index contributed by atoms with van der Waals surface area (Å²) < 4.78 is 122. The fraction of sp³-hybridized carbons (Fsp3) is 0.409. The van der Waals surface area contributed by atoms with Crippen molar-refractivity contribution in [2.24, 2.45) is 17.8 Å². The molecule has 14 heterocycles. The van der Waals surface area contributed by atoms with E-state index in [2.05, 4.69) is 70.3 Å². The van der Waals surface area contributed by atoms with Crippen molar-refractivity contribution in [2.45, 2.75) is 146 Å². The Morgan fingerprint density at radius 3 is 1.31 bits per heavy atom. The third-order valence-electron chi connectivity index (χ3n) is 19.1. The van der Waals surface area contributed by atoms with Crippen LogP contribution in [-0.2, 0) is 37.8 Å². The van der Waals surface area contributed by atoms with Gasteiger partial charge in [-0.15, -0.1) is 9.90 Å². The van der Waals surface area contributed by atoms with Crippen LogP contribution in [0.5, 0.6) is 5.75 Å². The van der Waals surface area contributed by atoms with Crippen LogP contribution < -0.4 is 4.74 Å². The monoisotopic (exact) mass is 1360 g/mol. The highest BCUT2D eigenvalue weighted by Gasteiger charge is 2.52. The highest BCUT2D eigenvalue weighted by Crippen LogP contribution is 2.47. The summed E-state index contributed by atoms with van der Waals surface area (Å²) in [6, 6.07) is 14.3. The molecule has 6 fully saturated rings. The number of halogens is 9. The summed E-state index contributed by atoms with van der Waals surface area (Å²) in [6.07, 6.45) is 10.9. The highest BCUT2D eigenvalue weighted by atomic mass is 19.4. The van der Waals surface area contributed by atoms with Crippen LogP contribution in [0.15, 0.2) is 123 Å². The van der Waals surface area contributed by atoms with E-state index < -0.39 is 35.6 Å². The second kappa shape index (κ2) is 27.0. The Balaban J connectivity index is 0.000000132. The van der Waals surface area contributed by atoms with Crippen molar-refractivity contribution >= 4 is 17.7 Å². The molecule has 6 aliphatic rings. The van der Waals surface area contributed by atoms with Gasteiger partial charge < -0.3 is 19.4 Å². The first kappa shape index (κ1) is 66.3. The van der Waals surface area contributed by atoms with E-state index in [1.807, 2.05) is 28.5 Å². The van der Waals surface area contributed by atoms with E-state index in [4.69, 9.17) is 4.74 Å². The van der Waals surface area contributed by atoms with E-state index in [1.165, 1.54) is 46.7 Å². The number of aryl methyl sites for hydroxylation is 2. The molecule has 508 valence electrons. The van der Waals surface area contributed by atoms with E-state index >= 15 is 0 Å². The molecular weight excluding hydrogens is 1290 g/mol. The van der Waals surface area contributed by atoms with Gasteiger partial charge in [0.1, 0.15) is 5.75 Å². The van der Waals surface area contributed by atoms with Crippen molar-refractivity contribution in [3.63, 3.8) is 0 Å². The molecule has 15 rings (SSSR count). The maximum atomic E-state index is 13.7. The number of amides is 3. The second-order valence-electron chi connectivity index (χ2n) is 25.1. The molecule has 9 aromatic rings. The Morgan fingerprint density at radius 2 is 0.908 bits per heavy atom. The number of fused-ring (bicyclic) bond motifs is 6. The van der Waals surface area contributed by atoms with Crippen molar-refractivity contribution in [3.8, 4) is 28.8 Å². The van der Waals surface area contributed by atoms with Gasteiger partial charge >= 0.3 is 18.5 Å². The zero-order valence-corrected chi connectivity index (χ0v) is 52.8. The number of methoxy groups -OCH3 is 1. The van der Waals surface area contributed by atoms with Gasteiger partial charge in [-0.25, -0.2) is 39.6 Å². The number of alkyl halides is 9. The quantitative estimate of drug-likeness (QED) is 0.0972. The van der Waals surface area contributed by atoms with E-state index in [-0.39, 0.29) is 71.7 Å². The molecule has 98 heavy (non-hydrogen) atoms. The summed E-state index contributed by atoms with van der Waals surface area (Å²) in [4.78, 5) is 88.0. The van der Waals surface area contributed by atoms with Gasteiger partial charge in [-0.05, 0) is 157 Å². The number of aromatic nitrogens is 16. The molecule has 0 spiro atoms. The summed E-state index contributed by atoms with van der Waals surface area (Å²) in [5.41, 5.74) is 1.98. The molecule has 23 nitrogen and oxygen atoms in total. The minimum atomic E-state index is -4.51. The maximum absolute atomic E-state index is 13.7. The van der Waals surface area contributed by atoms with Crippen LogP contribution in [0, 0.1) is 31.6 Å². The zero-order chi connectivity index (χ0) is 68.8. The predicted molar refractivity (Wildman–Crippen MR) is 327 cm³/mol. The largest absolute Gasteiger partial charge is 0.497 e. The van der Waals surface area contributed by atoms with Gasteiger partial charge in [-0.3, -0.25) is 29.3 Å². The molecule has 32 heteroatoms. The Bertz CT molecular complexity index is 4140. The van der Waals surface area contributed by atoms with Crippen molar-refractivity contribution in [1.82, 2.24) is 94.5 Å². The van der Waals surface area contributed by atoms with Crippen molar-refractivity contribution in [2.75, 3.05) is 7.11 Å². The SMILES string of the molecule is COc1ccc(C(=O)N2C3CCC2C(Cc2cnc(C(F)(F)F)cn2)C3)c(-c2ncccn2)c1.Cc1ccc(C(=O)N2C3CCC2C(Cc2cnc(C(F)(F)F)cn2)C3)c(-n2ccnn2)n1.Cc1ccc(C(=O)N2C3CCC2C(Cc2cnc(C(F)(F)F)cn2)C3)c(-n2nccn2)n1. The third-order valence-corrected chi connectivity index (χ3v) is 19.1. The number of nitrogens with zero attached hydrogens (tertiary/aromatic N) is 19. The highest BCUT2D eigenvalue weighted by molar-refractivity contribution is 6.01. The first-order valence-electron chi connectivity index (χ1n) is 31.7. The number of ether oxygens (including phenoxy) is 1. The molecule has 0 aliphatic carbocycles. The van der Waals surface area contributed by atoms with Crippen LogP contribution in [0.4, 0.5) is 39.5 Å². The van der Waals surface area contributed by atoms with Gasteiger partial charge in [0.05, 0.1) is 84.3 Å². The summed E-state index contributed by atoms with van der Waals surface area (Å²) in [7, 11) is 1.56. The molecule has 3 amide bonds. The average Bonchev–Trinajstić information content (AvgIpc) is 1.61. The minimum Gasteiger partial charge on any atom is -0.497 e. The number of benzene rings is 1. The molecule has 0 radical (unpaired) electrons. The van der Waals surface area contributed by atoms with Crippen molar-refractivity contribution < 1.29 is 58.6 Å². The Morgan fingerprint density at radius 1 is 0.490 bits per heavy atom. The topological polar surface area (TPSA) is 260 Å². The van der Waals surface area contributed by atoms with Gasteiger partial charge in [0.25, 0.3) is 17.7 Å². The molecule has 6 bridgehead atoms. The molecule has 6 saturated heterocycles. The molecule has 0 N–H and O–H groups in total. The summed E-state index contributed by atoms with van der Waals surface area (Å²) >= 11 is 0. The number of hydrogen-bond acceptors (Lipinski definition) is 18. The molecular formula is C66H62F9N19O4. The lowest BCUT2D eigenvalue weighted by atomic mass is 9.86. The summed E-state index contributed by atoms with van der Waals surface area (Å²) in [5.74, 6) is 1.87. The molecule has 9 unspecified atom stereocenters. The smallest absolute Gasteiger partial charge is 0.434 e. The summed E-state index contributed by atoms with van der Waals surface area (Å²) in [5, 5.41) is 16.0. The van der Waals surface area contributed by atoms with E-state index in [0.717, 1.165) is 87.8 Å². The van der Waals surface area contributed by atoms with Crippen LogP contribution in [0.3, 0.4) is 0 Å². The van der Waals surface area contributed by atoms with Gasteiger partial charge in [0.2, 0.25) is 0 Å². The zero-order valence-electron chi connectivity index (χ0n) is 52.8. The average molecular weight is 1360 g/mol. The number of carbonyl (C=O) groups is 3. The Hall–Kier alpha value is -10.3. The van der Waals surface area contributed by atoms with Crippen LogP contribution in [0.1, 0.15) is 134 Å². The number of hydrogen-bond donors (Lipinski definition) is 0. The fourth-order valence-corrected chi connectivity index (χ4v) is 14.8. The molecule has 0 saturated carbocycles. The Labute approximate surface area is 553 Å². The summed E-state index contributed by atoms with van der Waals surface area (Å²) in [6.45, 7) is 3.68. The number of pyridine rings is 2. The van der Waals surface area contributed by atoms with E-state index in [9.17, 15) is 53.9 Å². The molecule has 8 aromatic heterocycles. The predicted octanol–water partition coefficient (Wildman–Crippen LogP) is 10.2. The van der Waals surface area contributed by atoms with Crippen LogP contribution in [0.2, 0.25) is 0 Å². The van der Waals surface area contributed by atoms with Gasteiger partial charge in [0, 0.05) is 84.2 Å². The first-order chi connectivity index (χ1) is 47.0. The van der Waals surface area contributed by atoms with Gasteiger partial charge in [-0.2, -0.15) is 49.7 Å². The molecule has 6 aliphatic heterocycles. The van der Waals surface area contributed by atoms with E-state index in [1.54, 1.807) is 74.2 Å². The van der Waals surface area contributed by atoms with Crippen molar-refractivity contribution in [1.29, 1.82) is 0 Å². The van der Waals surface area contributed by atoms with Gasteiger partial charge in [0.15, 0.2) is 34.5 Å². The van der Waals surface area contributed by atoms with Gasteiger partial charge in [-0.1, -0.05) is 5.21 Å². The van der Waals surface area contributed by atoms with Crippen LogP contribution in [0.25, 0.3) is 23.0 Å². The van der Waals surface area contributed by atoms with Crippen LogP contribution >= 0.6 is 0 Å². The lowest BCUT2D eigenvalue weighted by molar-refractivity contribution is -0.142. The normalized spacial score (nSPS) is 22.2. The lowest BCUT2D eigenvalue weighted by Crippen LogP contribution is -2.37. The van der Waals surface area contributed by atoms with Crippen LogP contribution in [-0.4, -0.2) is 156 Å². The number of carbonyl (C=O) groups excluding carboxylic acids is 3. The Kier molecular flexibility index (Phi) is 18.2. The standard InChI is InChI=1S/C24H22F3N5O2.2C21H20F3N7O/c1-34-17-4-5-18(19(11-17)22-28-7-2-8-29-22)23(33)32-16-3-6-20(32)14(10-16)9-15-12-31-21(13-30-15)24(25,26)27;1-12-2-4-16(19(28-12)30-7-6-27-29-30)20(32)31-15-3-5-17(31)13(9-15)8-14-10-26-18(11-25-14)21(22,23)24;1-12-2-4-16(19(29-12)31-27-6-7-28-31)20(32)30-15-3-5-17(30)13(9-15)8-14-10-26-18(11-25-14)21(22,23)24/h2,4-5,7-8,11-14,16,20H,3,6,9-10H2,1H3;2*2,4,6-7,10-11,13,15,17H,3,5,8-9H2,1H3. The minimum absolute atomic E-state index is 0.00138. The molecule has 9 atom stereocenters.